The number of hydrogen-bond acceptors (Lipinski definition) is 4. The van der Waals surface area contributed by atoms with Crippen molar-refractivity contribution in [2.45, 2.75) is 27.2 Å². The van der Waals surface area contributed by atoms with Crippen molar-refractivity contribution in [2.75, 3.05) is 13.7 Å². The van der Waals surface area contributed by atoms with Gasteiger partial charge in [-0.05, 0) is 20.3 Å². The van der Waals surface area contributed by atoms with Crippen LogP contribution in [0.5, 0.6) is 0 Å². The second kappa shape index (κ2) is 3.92. The molecule has 0 amide bonds. The largest absolute Gasteiger partial charge is 0.469 e. The summed E-state index contributed by atoms with van der Waals surface area (Å²) in [7, 11) is 1.35. The molecule has 4 nitrogen and oxygen atoms in total. The molecule has 3 rings (SSSR count). The van der Waals surface area contributed by atoms with E-state index in [0.29, 0.717) is 6.42 Å². The molecule has 0 heterocycles. The number of carbonyl (C=O) groups is 2. The molecule has 0 radical (unpaired) electrons. The molecule has 0 aromatic rings. The van der Waals surface area contributed by atoms with E-state index in [1.807, 2.05) is 19.9 Å². The van der Waals surface area contributed by atoms with E-state index >= 15 is 0 Å². The van der Waals surface area contributed by atoms with Crippen LogP contribution in [0.3, 0.4) is 0 Å². The molecule has 0 aliphatic heterocycles. The summed E-state index contributed by atoms with van der Waals surface area (Å²) in [5, 5.41) is 9.50. The number of fused-ring (bicyclic) bond motifs is 2. The van der Waals surface area contributed by atoms with Crippen LogP contribution in [0.1, 0.15) is 27.2 Å². The molecule has 0 spiro atoms. The zero-order valence-corrected chi connectivity index (χ0v) is 11.3. The van der Waals surface area contributed by atoms with Crippen molar-refractivity contribution in [1.29, 1.82) is 0 Å². The molecule has 1 N–H and O–H groups in total. The van der Waals surface area contributed by atoms with Gasteiger partial charge in [0.05, 0.1) is 31.0 Å². The summed E-state index contributed by atoms with van der Waals surface area (Å²) in [5.41, 5.74) is -0.172. The number of rotatable bonds is 2. The van der Waals surface area contributed by atoms with E-state index in [4.69, 9.17) is 4.74 Å². The third kappa shape index (κ3) is 1.41. The van der Waals surface area contributed by atoms with Crippen molar-refractivity contribution in [3.05, 3.63) is 11.6 Å². The molecule has 2 bridgehead atoms. The minimum absolute atomic E-state index is 0.0419. The van der Waals surface area contributed by atoms with Crippen molar-refractivity contribution < 1.29 is 19.4 Å². The quantitative estimate of drug-likeness (QED) is 0.595. The van der Waals surface area contributed by atoms with E-state index < -0.39 is 22.7 Å². The fourth-order valence-electron chi connectivity index (χ4n) is 3.59. The van der Waals surface area contributed by atoms with Gasteiger partial charge >= 0.3 is 5.97 Å². The van der Waals surface area contributed by atoms with E-state index in [-0.39, 0.29) is 18.4 Å². The average Bonchev–Trinajstić information content (AvgIpc) is 2.32. The lowest BCUT2D eigenvalue weighted by molar-refractivity contribution is -0.165. The number of Topliss-reactive ketones (excluding diaryl/α,β-unsaturated/α-hetero) is 1. The minimum Gasteiger partial charge on any atom is -0.469 e. The van der Waals surface area contributed by atoms with Crippen LogP contribution >= 0.6 is 0 Å². The van der Waals surface area contributed by atoms with E-state index in [2.05, 4.69) is 0 Å². The van der Waals surface area contributed by atoms with Gasteiger partial charge in [0.15, 0.2) is 0 Å². The van der Waals surface area contributed by atoms with Crippen molar-refractivity contribution >= 4 is 11.8 Å². The highest BCUT2D eigenvalue weighted by atomic mass is 16.5. The Kier molecular flexibility index (Phi) is 2.89. The monoisotopic (exact) mass is 252 g/mol. The van der Waals surface area contributed by atoms with Gasteiger partial charge in [-0.25, -0.2) is 0 Å². The van der Waals surface area contributed by atoms with Gasteiger partial charge < -0.3 is 9.84 Å². The Morgan fingerprint density at radius 2 is 2.17 bits per heavy atom. The average molecular weight is 252 g/mol. The smallest absolute Gasteiger partial charge is 0.310 e. The predicted octanol–water partition coefficient (Wildman–Crippen LogP) is 1.33. The number of esters is 1. The minimum atomic E-state index is -0.831. The second-order valence-electron chi connectivity index (χ2n) is 5.91. The standard InChI is InChI=1S/C14H20O4/c1-8-5-14(3)9(12(17)18-4)6-13(8,2)10(7-15)11(14)16/h5,9-10,15H,6-7H2,1-4H3. The first-order chi connectivity index (χ1) is 8.31. The molecule has 18 heavy (non-hydrogen) atoms. The molecule has 4 heteroatoms. The molecule has 4 unspecified atom stereocenters. The summed E-state index contributed by atoms with van der Waals surface area (Å²) >= 11 is 0. The van der Waals surface area contributed by atoms with Gasteiger partial charge in [0, 0.05) is 5.41 Å². The highest BCUT2D eigenvalue weighted by molar-refractivity contribution is 5.97. The Hall–Kier alpha value is -1.16. The molecular weight excluding hydrogens is 232 g/mol. The van der Waals surface area contributed by atoms with E-state index in [0.717, 1.165) is 5.57 Å². The van der Waals surface area contributed by atoms with Crippen molar-refractivity contribution in [1.82, 2.24) is 0 Å². The summed E-state index contributed by atoms with van der Waals surface area (Å²) in [4.78, 5) is 24.4. The van der Waals surface area contributed by atoms with Crippen LogP contribution in [0, 0.1) is 22.7 Å². The number of methoxy groups -OCH3 is 1. The highest BCUT2D eigenvalue weighted by Crippen LogP contribution is 2.59. The van der Waals surface area contributed by atoms with Gasteiger partial charge in [0.25, 0.3) is 0 Å². The van der Waals surface area contributed by atoms with Gasteiger partial charge in [-0.2, -0.15) is 0 Å². The molecule has 4 atom stereocenters. The summed E-state index contributed by atoms with van der Waals surface area (Å²) in [5.74, 6) is -1.23. The van der Waals surface area contributed by atoms with Gasteiger partial charge in [-0.15, -0.1) is 0 Å². The fourth-order valence-corrected chi connectivity index (χ4v) is 3.59. The Balaban J connectivity index is 2.55. The van der Waals surface area contributed by atoms with Crippen LogP contribution in [0.2, 0.25) is 0 Å². The van der Waals surface area contributed by atoms with Crippen LogP contribution < -0.4 is 0 Å². The zero-order valence-electron chi connectivity index (χ0n) is 11.3. The van der Waals surface area contributed by atoms with Gasteiger partial charge in [0.1, 0.15) is 5.78 Å². The summed E-state index contributed by atoms with van der Waals surface area (Å²) in [6, 6.07) is 0. The van der Waals surface area contributed by atoms with E-state index in [1.165, 1.54) is 7.11 Å². The third-order valence-corrected chi connectivity index (χ3v) is 5.05. The lowest BCUT2D eigenvalue weighted by atomic mass is 9.47. The molecule has 0 aromatic carbocycles. The van der Waals surface area contributed by atoms with Crippen molar-refractivity contribution in [3.8, 4) is 0 Å². The molecule has 1 fully saturated rings. The summed E-state index contributed by atoms with van der Waals surface area (Å²) in [6.07, 6.45) is 2.46. The van der Waals surface area contributed by atoms with Gasteiger partial charge in [-0.3, -0.25) is 9.59 Å². The molecule has 100 valence electrons. The maximum Gasteiger partial charge on any atom is 0.310 e. The number of allylic oxidation sites excluding steroid dienone is 2. The predicted molar refractivity (Wildman–Crippen MR) is 65.7 cm³/mol. The van der Waals surface area contributed by atoms with Gasteiger partial charge in [-0.1, -0.05) is 18.6 Å². The first kappa shape index (κ1) is 13.3. The first-order valence-electron chi connectivity index (χ1n) is 6.24. The molecular formula is C14H20O4. The van der Waals surface area contributed by atoms with Crippen molar-refractivity contribution in [3.63, 3.8) is 0 Å². The Labute approximate surface area is 107 Å². The Morgan fingerprint density at radius 3 is 2.67 bits per heavy atom. The molecule has 3 aliphatic rings. The highest BCUT2D eigenvalue weighted by Gasteiger charge is 2.61. The van der Waals surface area contributed by atoms with Crippen LogP contribution in [0.4, 0.5) is 0 Å². The van der Waals surface area contributed by atoms with E-state index in [9.17, 15) is 14.7 Å². The van der Waals surface area contributed by atoms with E-state index in [1.54, 1.807) is 6.92 Å². The molecule has 1 saturated carbocycles. The Bertz CT molecular complexity index is 439. The lowest BCUT2D eigenvalue weighted by Gasteiger charge is -2.55. The number of ketones is 1. The number of aliphatic hydroxyl groups is 1. The molecule has 0 aromatic heterocycles. The molecule has 0 saturated heterocycles. The second-order valence-corrected chi connectivity index (χ2v) is 5.91. The van der Waals surface area contributed by atoms with Crippen LogP contribution in [0.25, 0.3) is 0 Å². The van der Waals surface area contributed by atoms with Crippen LogP contribution in [0.15, 0.2) is 11.6 Å². The summed E-state index contributed by atoms with van der Waals surface area (Å²) in [6.45, 7) is 5.54. The maximum atomic E-state index is 12.5. The fraction of sp³-hybridized carbons (Fsp3) is 0.714. The lowest BCUT2D eigenvalue weighted by Crippen LogP contribution is -2.59. The summed E-state index contributed by atoms with van der Waals surface area (Å²) < 4.78 is 4.82. The van der Waals surface area contributed by atoms with Gasteiger partial charge in [0.2, 0.25) is 0 Å². The SMILES string of the molecule is COC(=O)C1CC2(C)C(C)=CC1(C)C(=O)C2CO. The third-order valence-electron chi connectivity index (χ3n) is 5.05. The number of hydrogen-bond donors (Lipinski definition) is 1. The van der Waals surface area contributed by atoms with Crippen molar-refractivity contribution in [2.24, 2.45) is 22.7 Å². The van der Waals surface area contributed by atoms with Crippen LogP contribution in [-0.4, -0.2) is 30.6 Å². The zero-order chi connectivity index (χ0) is 13.7. The normalized spacial score (nSPS) is 42.7. The number of ether oxygens (including phenoxy) is 1. The first-order valence-corrected chi connectivity index (χ1v) is 6.24. The topological polar surface area (TPSA) is 63.6 Å². The van der Waals surface area contributed by atoms with Crippen LogP contribution in [-0.2, 0) is 14.3 Å². The maximum absolute atomic E-state index is 12.5. The Morgan fingerprint density at radius 1 is 1.56 bits per heavy atom. The number of carbonyl (C=O) groups excluding carboxylic acids is 2. The number of aliphatic hydroxyl groups excluding tert-OH is 1. The molecule has 3 aliphatic carbocycles.